The summed E-state index contributed by atoms with van der Waals surface area (Å²) in [6, 6.07) is 52.2. The molecule has 7 heterocycles. The van der Waals surface area contributed by atoms with Crippen LogP contribution < -0.4 is 28.5 Å². The molecule has 8 amide bonds. The Morgan fingerprint density at radius 2 is 0.679 bits per heavy atom. The van der Waals surface area contributed by atoms with Gasteiger partial charge in [0.05, 0.1) is 145 Å². The summed E-state index contributed by atoms with van der Waals surface area (Å²) in [4.78, 5) is 117. The third-order valence-electron chi connectivity index (χ3n) is 21.9. The van der Waals surface area contributed by atoms with Gasteiger partial charge in [0.2, 0.25) is 12.4 Å². The van der Waals surface area contributed by atoms with Crippen LogP contribution in [-0.4, -0.2) is 115 Å². The third-order valence-corrected chi connectivity index (χ3v) is 28.7. The maximum absolute atomic E-state index is 13.3. The van der Waals surface area contributed by atoms with E-state index in [1.807, 2.05) is 89.2 Å². The molecular weight excluding hydrogens is 1880 g/mol. The number of benzene rings is 9. The number of fused-ring (bicyclic) bond motifs is 4. The number of anilines is 5. The van der Waals surface area contributed by atoms with Gasteiger partial charge in [-0.25, -0.2) is 43.6 Å². The maximum atomic E-state index is 13.3. The topological polar surface area (TPSA) is 413 Å². The number of carbonyl (C=O) groups excluding carboxylic acids is 8. The summed E-state index contributed by atoms with van der Waals surface area (Å²) in [5, 5.41) is 18.9. The van der Waals surface area contributed by atoms with Gasteiger partial charge in [-0.2, -0.15) is 5.26 Å². The van der Waals surface area contributed by atoms with Crippen LogP contribution in [0.15, 0.2) is 251 Å². The van der Waals surface area contributed by atoms with E-state index >= 15 is 0 Å². The molecule has 12 aromatic rings. The Kier molecular flexibility index (Phi) is 27.4. The van der Waals surface area contributed by atoms with Crippen molar-refractivity contribution < 1.29 is 82.0 Å². The quantitative estimate of drug-likeness (QED) is 0.0285. The Morgan fingerprint density at radius 1 is 0.381 bits per heavy atom. The Hall–Kier alpha value is -13.5. The standard InChI is InChI=1S/C26H22ClN3O4S.C24H22ClN3O5S.C24H22ClN3O4S.C22H21ClN4O4S/c1-26(2,3)18-7-9-19(10-8-18)35(33,34)29-21-12-11-20(27)22-23(21)25(32)30(24(22)31)15-17-6-4-5-16(13-17)14-28;1-24(2,3)16-6-8-17(9-7-16)34(32,33)26-19-11-10-18(25)20-21(19)23(30)28(22(20)29)14-15-5-4-12-27(31)13-15;1-24(2,3)16-6-8-17(9-7-16)33(31,32)27-19-11-10-18(25)20-21(19)23(30)28(22(20)29)14-15-5-4-12-26-13-15;1-22(2,3)13-5-7-14(8-6-13)32(30,31)25-16-10-9-15(23)18-19(16)21(29)27(20(18)28)17-11-26(4)12-24-17/h4-13,29H,15H2,1-3H3;4-13H,14H2,1-3H3,(H-,26,30,31);4-13,27H,14H2,1-3H3;5-12,25H,1-4H3/p+1. The molecule has 0 unspecified atom stereocenters. The summed E-state index contributed by atoms with van der Waals surface area (Å²) in [6.07, 6.45) is 8.85. The van der Waals surface area contributed by atoms with Crippen molar-refractivity contribution in [2.24, 2.45) is 7.05 Å². The van der Waals surface area contributed by atoms with E-state index in [-0.39, 0.29) is 154 Å². The number of carbonyl (C=O) groups is 8. The predicted octanol–water partition coefficient (Wildman–Crippen LogP) is 17.5. The van der Waals surface area contributed by atoms with Crippen LogP contribution in [0.1, 0.15) is 210 Å². The molecule has 5 N–H and O–H groups in total. The SMILES string of the molecule is CC(C)(C)c1ccc(S(=O)(=O)Nc2ccc(Cl)c3c2C(=O)N(Cc2ccc[n+](O)c2)C3=O)cc1.CC(C)(C)c1ccc(S(=O)(=O)Nc2ccc(Cl)c3c2C(=O)N(Cc2cccc(C#N)c2)C3=O)cc1.CC(C)(C)c1ccc(S(=O)(=O)Nc2ccc(Cl)c3c2C(=O)N(Cc2cccnc2)C3=O)cc1.Cn1cnc(N2C(=O)c3c(Cl)ccc(NS(=O)(=O)c4ccc(C(C)(C)C)cc4)c3C2=O)c1. The van der Waals surface area contributed by atoms with Crippen molar-refractivity contribution in [3.63, 3.8) is 0 Å². The van der Waals surface area contributed by atoms with Gasteiger partial charge in [-0.05, 0) is 176 Å². The zero-order chi connectivity index (χ0) is 97.8. The first-order valence-corrected chi connectivity index (χ1v) is 48.5. The van der Waals surface area contributed by atoms with E-state index in [9.17, 15) is 77.2 Å². The number of hydrogen-bond donors (Lipinski definition) is 5. The van der Waals surface area contributed by atoms with Gasteiger partial charge >= 0.3 is 0 Å². The number of nitrogens with one attached hydrogen (secondary N) is 4. The summed E-state index contributed by atoms with van der Waals surface area (Å²) in [7, 11) is -14.4. The van der Waals surface area contributed by atoms with E-state index in [0.29, 0.717) is 22.3 Å². The number of nitrogens with zero attached hydrogens (tertiary/aromatic N) is 9. The Morgan fingerprint density at radius 3 is 0.985 bits per heavy atom. The van der Waals surface area contributed by atoms with Crippen molar-refractivity contribution >= 4 is 162 Å². The molecule has 0 bridgehead atoms. The maximum Gasteiger partial charge on any atom is 0.269 e. The molecular formula is C96H88Cl4N13O17S4+. The predicted molar refractivity (Wildman–Crippen MR) is 506 cm³/mol. The lowest BCUT2D eigenvalue weighted by molar-refractivity contribution is -0.905. The molecule has 30 nitrogen and oxygen atoms in total. The van der Waals surface area contributed by atoms with Crippen LogP contribution in [0.2, 0.25) is 20.1 Å². The van der Waals surface area contributed by atoms with Gasteiger partial charge in [-0.3, -0.25) is 82.1 Å². The van der Waals surface area contributed by atoms with Crippen LogP contribution in [0.5, 0.6) is 0 Å². The van der Waals surface area contributed by atoms with Crippen molar-refractivity contribution in [3.05, 3.63) is 341 Å². The highest BCUT2D eigenvalue weighted by Gasteiger charge is 2.46. The van der Waals surface area contributed by atoms with Crippen molar-refractivity contribution in [2.75, 3.05) is 23.8 Å². The van der Waals surface area contributed by atoms with Crippen LogP contribution >= 0.6 is 46.4 Å². The minimum Gasteiger partial charge on any atom is -0.338 e. The van der Waals surface area contributed by atoms with E-state index in [0.717, 1.165) is 46.6 Å². The summed E-state index contributed by atoms with van der Waals surface area (Å²) >= 11 is 24.9. The zero-order valence-electron chi connectivity index (χ0n) is 74.2. The van der Waals surface area contributed by atoms with E-state index in [4.69, 9.17) is 51.7 Å². The second-order valence-corrected chi connectivity index (χ2v) is 44.0. The van der Waals surface area contributed by atoms with Crippen molar-refractivity contribution in [1.82, 2.24) is 29.2 Å². The van der Waals surface area contributed by atoms with Crippen molar-refractivity contribution in [2.45, 2.75) is 144 Å². The molecule has 38 heteroatoms. The van der Waals surface area contributed by atoms with Crippen LogP contribution in [0.25, 0.3) is 0 Å². The Bertz CT molecular complexity index is 7360. The zero-order valence-corrected chi connectivity index (χ0v) is 80.5. The minimum atomic E-state index is -4.05. The van der Waals surface area contributed by atoms with Crippen molar-refractivity contribution in [3.8, 4) is 6.07 Å². The molecule has 4 aliphatic heterocycles. The number of pyridine rings is 2. The fourth-order valence-corrected chi connectivity index (χ4v) is 19.9. The molecule has 0 saturated carbocycles. The van der Waals surface area contributed by atoms with Gasteiger partial charge < -0.3 is 4.57 Å². The van der Waals surface area contributed by atoms with Crippen LogP contribution in [0, 0.1) is 11.3 Å². The molecule has 690 valence electrons. The Balaban J connectivity index is 0.000000152. The van der Waals surface area contributed by atoms with Crippen LogP contribution in [0.4, 0.5) is 28.6 Å². The number of sulfonamides is 4. The molecule has 0 fully saturated rings. The average Bonchev–Trinajstić information content (AvgIpc) is 1.61. The highest BCUT2D eigenvalue weighted by molar-refractivity contribution is 7.93. The molecule has 0 aliphatic carbocycles. The molecule has 9 aromatic carbocycles. The second kappa shape index (κ2) is 37.5. The summed E-state index contributed by atoms with van der Waals surface area (Å²) in [5.74, 6) is -5.08. The molecule has 134 heavy (non-hydrogen) atoms. The molecule has 3 aromatic heterocycles. The van der Waals surface area contributed by atoms with E-state index in [1.165, 1.54) is 122 Å². The highest BCUT2D eigenvalue weighted by atomic mass is 35.5. The largest absolute Gasteiger partial charge is 0.338 e. The normalized spacial score (nSPS) is 13.8. The fourth-order valence-electron chi connectivity index (χ4n) is 14.7. The van der Waals surface area contributed by atoms with E-state index in [1.54, 1.807) is 121 Å². The van der Waals surface area contributed by atoms with Gasteiger partial charge in [-0.1, -0.05) is 196 Å². The molecule has 0 atom stereocenters. The lowest BCUT2D eigenvalue weighted by Gasteiger charge is -2.19. The van der Waals surface area contributed by atoms with Crippen LogP contribution in [0.3, 0.4) is 0 Å². The Labute approximate surface area is 794 Å². The molecule has 0 saturated heterocycles. The van der Waals surface area contributed by atoms with Gasteiger partial charge in [0.15, 0.2) is 5.82 Å². The first-order valence-electron chi connectivity index (χ1n) is 41.1. The van der Waals surface area contributed by atoms with Gasteiger partial charge in [-0.15, -0.1) is 0 Å². The first kappa shape index (κ1) is 98.0. The smallest absolute Gasteiger partial charge is 0.269 e. The second-order valence-electron chi connectivity index (χ2n) is 35.6. The summed E-state index contributed by atoms with van der Waals surface area (Å²) in [6.45, 7) is 24.1. The number of imide groups is 4. The van der Waals surface area contributed by atoms with Gasteiger partial charge in [0, 0.05) is 42.0 Å². The van der Waals surface area contributed by atoms with Crippen molar-refractivity contribution in [1.29, 1.82) is 5.26 Å². The number of aryl methyl sites for hydroxylation is 1. The first-order chi connectivity index (χ1) is 62.7. The molecule has 0 radical (unpaired) electrons. The number of amides is 8. The number of rotatable bonds is 19. The monoisotopic (exact) mass is 1960 g/mol. The van der Waals surface area contributed by atoms with E-state index < -0.39 is 87.4 Å². The van der Waals surface area contributed by atoms with Gasteiger partial charge in [0.1, 0.15) is 0 Å². The summed E-state index contributed by atoms with van der Waals surface area (Å²) < 4.78 is 117. The molecule has 0 spiro atoms. The average molecular weight is 1970 g/mol. The van der Waals surface area contributed by atoms with E-state index in [2.05, 4.69) is 28.9 Å². The third kappa shape index (κ3) is 20.6. The molecule has 4 aliphatic rings. The number of halogens is 4. The lowest BCUT2D eigenvalue weighted by Crippen LogP contribution is -2.33. The fraction of sp³-hybridized carbons (Fsp3) is 0.208. The van der Waals surface area contributed by atoms with Crippen LogP contribution in [-0.2, 0) is 88.4 Å². The highest BCUT2D eigenvalue weighted by Crippen LogP contribution is 2.43. The van der Waals surface area contributed by atoms with Gasteiger partial charge in [0.25, 0.3) is 87.4 Å². The number of imidazole rings is 1. The summed E-state index contributed by atoms with van der Waals surface area (Å²) in [5.41, 5.74) is 4.81. The number of hydrogen-bond acceptors (Lipinski definition) is 20. The lowest BCUT2D eigenvalue weighted by atomic mass is 9.87. The number of nitriles is 1. The molecule has 16 rings (SSSR count). The minimum absolute atomic E-state index is 0.00124. The number of aromatic nitrogens is 4.